The van der Waals surface area contributed by atoms with Crippen LogP contribution in [0.15, 0.2) is 77.3 Å². The molecule has 0 atom stereocenters. The highest BCUT2D eigenvalue weighted by Gasteiger charge is 2.08. The minimum atomic E-state index is -0.176. The van der Waals surface area contributed by atoms with Crippen molar-refractivity contribution in [1.29, 1.82) is 0 Å². The van der Waals surface area contributed by atoms with Crippen LogP contribution in [0.4, 0.5) is 5.69 Å². The summed E-state index contributed by atoms with van der Waals surface area (Å²) in [5.41, 5.74) is 2.20. The minimum absolute atomic E-state index is 0.176. The van der Waals surface area contributed by atoms with Crippen molar-refractivity contribution in [3.63, 3.8) is 0 Å². The third-order valence-electron chi connectivity index (χ3n) is 3.59. The molecule has 0 aromatic heterocycles. The van der Waals surface area contributed by atoms with Crippen molar-refractivity contribution in [1.82, 2.24) is 0 Å². The average molecular weight is 417 g/mol. The van der Waals surface area contributed by atoms with Crippen molar-refractivity contribution in [3.05, 3.63) is 93.4 Å². The second kappa shape index (κ2) is 8.19. The van der Waals surface area contributed by atoms with Gasteiger partial charge in [-0.15, -0.1) is 0 Å². The van der Waals surface area contributed by atoms with Crippen LogP contribution in [0.2, 0.25) is 5.02 Å². The van der Waals surface area contributed by atoms with Crippen molar-refractivity contribution in [2.24, 2.45) is 0 Å². The maximum atomic E-state index is 12.3. The first-order chi connectivity index (χ1) is 12.1. The van der Waals surface area contributed by atoms with Crippen LogP contribution < -0.4 is 10.1 Å². The quantitative estimate of drug-likeness (QED) is 0.559. The Kier molecular flexibility index (Phi) is 5.74. The molecule has 0 bridgehead atoms. The summed E-state index contributed by atoms with van der Waals surface area (Å²) in [7, 11) is 0. The number of rotatable bonds is 5. The van der Waals surface area contributed by atoms with Crippen LogP contribution in [0.1, 0.15) is 15.9 Å². The molecular formula is C20H15BrClNO2. The number of halogens is 2. The van der Waals surface area contributed by atoms with Gasteiger partial charge in [0, 0.05) is 20.6 Å². The summed E-state index contributed by atoms with van der Waals surface area (Å²) in [6.07, 6.45) is 0. The second-order valence-electron chi connectivity index (χ2n) is 5.34. The lowest BCUT2D eigenvalue weighted by Gasteiger charge is -2.09. The summed E-state index contributed by atoms with van der Waals surface area (Å²) in [5, 5.41) is 3.54. The average Bonchev–Trinajstić information content (AvgIpc) is 2.63. The van der Waals surface area contributed by atoms with Crippen LogP contribution in [0.25, 0.3) is 0 Å². The summed E-state index contributed by atoms with van der Waals surface area (Å²) >= 11 is 9.52. The van der Waals surface area contributed by atoms with Gasteiger partial charge in [0.15, 0.2) is 0 Å². The van der Waals surface area contributed by atoms with Crippen LogP contribution in [0, 0.1) is 0 Å². The molecule has 0 saturated carbocycles. The van der Waals surface area contributed by atoms with Crippen molar-refractivity contribution in [2.75, 3.05) is 5.32 Å². The van der Waals surface area contributed by atoms with Crippen LogP contribution in [-0.4, -0.2) is 5.91 Å². The Hall–Kier alpha value is -2.30. The van der Waals surface area contributed by atoms with E-state index < -0.39 is 0 Å². The van der Waals surface area contributed by atoms with E-state index in [1.165, 1.54) is 0 Å². The molecular weight excluding hydrogens is 402 g/mol. The summed E-state index contributed by atoms with van der Waals surface area (Å²) in [5.74, 6) is 0.502. The summed E-state index contributed by atoms with van der Waals surface area (Å²) < 4.78 is 6.56. The number of ether oxygens (including phenoxy) is 1. The van der Waals surface area contributed by atoms with Gasteiger partial charge in [-0.3, -0.25) is 4.79 Å². The standard InChI is InChI=1S/C20H15BrClNO2/c21-17-6-2-4-8-19(17)23-20(24)14-9-11-16(12-10-14)25-13-15-5-1-3-7-18(15)22/h1-12H,13H2,(H,23,24). The van der Waals surface area contributed by atoms with Crippen molar-refractivity contribution in [3.8, 4) is 5.75 Å². The number of carbonyl (C=O) groups is 1. The van der Waals surface area contributed by atoms with E-state index in [9.17, 15) is 4.79 Å². The predicted molar refractivity (Wildman–Crippen MR) is 104 cm³/mol. The van der Waals surface area contributed by atoms with Gasteiger partial charge in [-0.25, -0.2) is 0 Å². The zero-order valence-corrected chi connectivity index (χ0v) is 15.5. The van der Waals surface area contributed by atoms with E-state index in [1.807, 2.05) is 48.5 Å². The molecule has 1 amide bonds. The maximum absolute atomic E-state index is 12.3. The molecule has 0 aliphatic carbocycles. The fourth-order valence-corrected chi connectivity index (χ4v) is 2.81. The molecule has 5 heteroatoms. The van der Waals surface area contributed by atoms with Gasteiger partial charge in [0.1, 0.15) is 12.4 Å². The highest BCUT2D eigenvalue weighted by atomic mass is 79.9. The van der Waals surface area contributed by atoms with E-state index >= 15 is 0 Å². The largest absolute Gasteiger partial charge is 0.489 e. The third kappa shape index (κ3) is 4.62. The van der Waals surface area contributed by atoms with Gasteiger partial charge in [0.05, 0.1) is 5.69 Å². The number of nitrogens with one attached hydrogen (secondary N) is 1. The number of hydrogen-bond donors (Lipinski definition) is 1. The van der Waals surface area contributed by atoms with Crippen LogP contribution in [0.3, 0.4) is 0 Å². The Morgan fingerprint density at radius 1 is 0.960 bits per heavy atom. The van der Waals surface area contributed by atoms with Gasteiger partial charge in [-0.2, -0.15) is 0 Å². The summed E-state index contributed by atoms with van der Waals surface area (Å²) in [4.78, 5) is 12.3. The normalized spacial score (nSPS) is 10.3. The molecule has 3 aromatic carbocycles. The van der Waals surface area contributed by atoms with Gasteiger partial charge < -0.3 is 10.1 Å². The van der Waals surface area contributed by atoms with Crippen LogP contribution >= 0.6 is 27.5 Å². The Balaban J connectivity index is 1.63. The van der Waals surface area contributed by atoms with Gasteiger partial charge in [0.25, 0.3) is 5.91 Å². The predicted octanol–water partition coefficient (Wildman–Crippen LogP) is 5.93. The van der Waals surface area contributed by atoms with Crippen LogP contribution in [-0.2, 0) is 6.61 Å². The Labute approximate surface area is 159 Å². The lowest BCUT2D eigenvalue weighted by Crippen LogP contribution is -2.12. The molecule has 0 radical (unpaired) electrons. The number of anilines is 1. The van der Waals surface area contributed by atoms with Gasteiger partial charge in [-0.05, 0) is 58.4 Å². The molecule has 126 valence electrons. The molecule has 0 aliphatic rings. The van der Waals surface area contributed by atoms with Crippen LogP contribution in [0.5, 0.6) is 5.75 Å². The van der Waals surface area contributed by atoms with E-state index in [0.29, 0.717) is 22.9 Å². The molecule has 0 heterocycles. The van der Waals surface area contributed by atoms with E-state index in [1.54, 1.807) is 24.3 Å². The van der Waals surface area contributed by atoms with Crippen molar-refractivity contribution in [2.45, 2.75) is 6.61 Å². The smallest absolute Gasteiger partial charge is 0.255 e. The second-order valence-corrected chi connectivity index (χ2v) is 6.60. The number of benzene rings is 3. The maximum Gasteiger partial charge on any atom is 0.255 e. The first kappa shape index (κ1) is 17.5. The molecule has 3 aromatic rings. The number of carbonyl (C=O) groups excluding carboxylic acids is 1. The molecule has 3 rings (SSSR count). The fraction of sp³-hybridized carbons (Fsp3) is 0.0500. The van der Waals surface area contributed by atoms with Crippen molar-refractivity contribution >= 4 is 39.1 Å². The lowest BCUT2D eigenvalue weighted by molar-refractivity contribution is 0.102. The Morgan fingerprint density at radius 3 is 2.36 bits per heavy atom. The van der Waals surface area contributed by atoms with E-state index in [0.717, 1.165) is 15.7 Å². The lowest BCUT2D eigenvalue weighted by atomic mass is 10.2. The molecule has 3 nitrogen and oxygen atoms in total. The SMILES string of the molecule is O=C(Nc1ccccc1Br)c1ccc(OCc2ccccc2Cl)cc1. The topological polar surface area (TPSA) is 38.3 Å². The summed E-state index contributed by atoms with van der Waals surface area (Å²) in [6.45, 7) is 0.377. The zero-order valence-electron chi connectivity index (χ0n) is 13.2. The van der Waals surface area contributed by atoms with Crippen molar-refractivity contribution < 1.29 is 9.53 Å². The van der Waals surface area contributed by atoms with Gasteiger partial charge in [0.2, 0.25) is 0 Å². The zero-order chi connectivity index (χ0) is 17.6. The third-order valence-corrected chi connectivity index (χ3v) is 4.65. The molecule has 25 heavy (non-hydrogen) atoms. The number of para-hydroxylation sites is 1. The molecule has 1 N–H and O–H groups in total. The molecule has 0 spiro atoms. The summed E-state index contributed by atoms with van der Waals surface area (Å²) in [6, 6.07) is 22.0. The molecule has 0 unspecified atom stereocenters. The van der Waals surface area contributed by atoms with Gasteiger partial charge >= 0.3 is 0 Å². The monoisotopic (exact) mass is 415 g/mol. The number of amides is 1. The van der Waals surface area contributed by atoms with Gasteiger partial charge in [-0.1, -0.05) is 41.9 Å². The highest BCUT2D eigenvalue weighted by molar-refractivity contribution is 9.10. The van der Waals surface area contributed by atoms with E-state index in [-0.39, 0.29) is 5.91 Å². The Morgan fingerprint density at radius 2 is 1.64 bits per heavy atom. The molecule has 0 saturated heterocycles. The minimum Gasteiger partial charge on any atom is -0.489 e. The van der Waals surface area contributed by atoms with E-state index in [2.05, 4.69) is 21.2 Å². The molecule has 0 aliphatic heterocycles. The van der Waals surface area contributed by atoms with E-state index in [4.69, 9.17) is 16.3 Å². The fourth-order valence-electron chi connectivity index (χ4n) is 2.24. The molecule has 0 fully saturated rings. The first-order valence-corrected chi connectivity index (χ1v) is 8.83. The number of hydrogen-bond acceptors (Lipinski definition) is 2. The first-order valence-electron chi connectivity index (χ1n) is 7.65. The Bertz CT molecular complexity index is 881. The highest BCUT2D eigenvalue weighted by Crippen LogP contribution is 2.23.